The molecule has 0 spiro atoms. The number of aliphatic hydroxyl groups is 1. The Morgan fingerprint density at radius 3 is 1.88 bits per heavy atom. The fourth-order valence-electron chi connectivity index (χ4n) is 4.24. The standard InChI is InChI=1S/C14H27NO/c1-12(2)7-13(3,4)9-14(8-12,10-16)15-11-5-6-11/h11,15-16H,5-10H2,1-4H3. The molecule has 0 atom stereocenters. The Kier molecular flexibility index (Phi) is 2.87. The van der Waals surface area contributed by atoms with Crippen molar-refractivity contribution in [2.24, 2.45) is 10.8 Å². The van der Waals surface area contributed by atoms with Crippen LogP contribution < -0.4 is 5.32 Å². The van der Waals surface area contributed by atoms with Gasteiger partial charge in [0.15, 0.2) is 0 Å². The molecule has 0 aromatic rings. The van der Waals surface area contributed by atoms with Gasteiger partial charge in [-0.1, -0.05) is 27.7 Å². The van der Waals surface area contributed by atoms with E-state index in [2.05, 4.69) is 33.0 Å². The van der Waals surface area contributed by atoms with E-state index in [0.29, 0.717) is 16.9 Å². The second-order valence-corrected chi connectivity index (χ2v) is 7.72. The third kappa shape index (κ3) is 2.78. The van der Waals surface area contributed by atoms with Crippen LogP contribution in [0.5, 0.6) is 0 Å². The van der Waals surface area contributed by atoms with Crippen LogP contribution in [0, 0.1) is 10.8 Å². The van der Waals surface area contributed by atoms with Gasteiger partial charge in [0, 0.05) is 11.6 Å². The molecule has 94 valence electrons. The second kappa shape index (κ2) is 3.71. The number of hydrogen-bond donors (Lipinski definition) is 2. The molecule has 2 aliphatic carbocycles. The molecular weight excluding hydrogens is 198 g/mol. The van der Waals surface area contributed by atoms with Crippen LogP contribution in [0.2, 0.25) is 0 Å². The summed E-state index contributed by atoms with van der Waals surface area (Å²) in [6, 6.07) is 0.678. The lowest BCUT2D eigenvalue weighted by Gasteiger charge is -2.52. The first-order valence-corrected chi connectivity index (χ1v) is 6.65. The van der Waals surface area contributed by atoms with Crippen molar-refractivity contribution in [3.8, 4) is 0 Å². The van der Waals surface area contributed by atoms with Crippen LogP contribution in [0.1, 0.15) is 59.8 Å². The molecule has 2 nitrogen and oxygen atoms in total. The Labute approximate surface area is 99.8 Å². The molecular formula is C14H27NO. The highest BCUT2D eigenvalue weighted by molar-refractivity contribution is 5.05. The van der Waals surface area contributed by atoms with E-state index in [1.54, 1.807) is 0 Å². The van der Waals surface area contributed by atoms with Crippen molar-refractivity contribution in [1.29, 1.82) is 0 Å². The van der Waals surface area contributed by atoms with Gasteiger partial charge in [-0.25, -0.2) is 0 Å². The van der Waals surface area contributed by atoms with Gasteiger partial charge in [0.25, 0.3) is 0 Å². The van der Waals surface area contributed by atoms with Crippen LogP contribution in [0.4, 0.5) is 0 Å². The van der Waals surface area contributed by atoms with Gasteiger partial charge in [-0.3, -0.25) is 0 Å². The predicted octanol–water partition coefficient (Wildman–Crippen LogP) is 2.71. The van der Waals surface area contributed by atoms with Crippen molar-refractivity contribution in [2.45, 2.75) is 71.4 Å². The normalized spacial score (nSPS) is 31.3. The van der Waals surface area contributed by atoms with Gasteiger partial charge in [0.2, 0.25) is 0 Å². The maximum atomic E-state index is 9.82. The summed E-state index contributed by atoms with van der Waals surface area (Å²) in [5, 5.41) is 13.5. The summed E-state index contributed by atoms with van der Waals surface area (Å²) in [6.45, 7) is 9.65. The highest BCUT2D eigenvalue weighted by Crippen LogP contribution is 2.50. The molecule has 0 bridgehead atoms. The Bertz CT molecular complexity index is 250. The number of hydrogen-bond acceptors (Lipinski definition) is 2. The topological polar surface area (TPSA) is 32.3 Å². The van der Waals surface area contributed by atoms with Gasteiger partial charge in [-0.05, 0) is 42.9 Å². The van der Waals surface area contributed by atoms with E-state index < -0.39 is 0 Å². The lowest BCUT2D eigenvalue weighted by atomic mass is 9.58. The van der Waals surface area contributed by atoms with Crippen LogP contribution in [-0.4, -0.2) is 23.3 Å². The van der Waals surface area contributed by atoms with Crippen molar-refractivity contribution >= 4 is 0 Å². The van der Waals surface area contributed by atoms with Crippen molar-refractivity contribution in [2.75, 3.05) is 6.61 Å². The molecule has 0 heterocycles. The fourth-order valence-corrected chi connectivity index (χ4v) is 4.24. The number of rotatable bonds is 3. The maximum absolute atomic E-state index is 9.82. The fraction of sp³-hybridized carbons (Fsp3) is 1.00. The molecule has 0 aliphatic heterocycles. The van der Waals surface area contributed by atoms with Gasteiger partial charge in [0.1, 0.15) is 0 Å². The second-order valence-electron chi connectivity index (χ2n) is 7.72. The lowest BCUT2D eigenvalue weighted by Crippen LogP contribution is -2.58. The van der Waals surface area contributed by atoms with E-state index >= 15 is 0 Å². The SMILES string of the molecule is CC1(C)CC(C)(C)CC(CO)(NC2CC2)C1. The molecule has 0 saturated heterocycles. The molecule has 2 heteroatoms. The Morgan fingerprint density at radius 2 is 1.50 bits per heavy atom. The maximum Gasteiger partial charge on any atom is 0.0613 e. The zero-order valence-corrected chi connectivity index (χ0v) is 11.3. The molecule has 2 N–H and O–H groups in total. The first kappa shape index (κ1) is 12.4. The van der Waals surface area contributed by atoms with Crippen LogP contribution in [0.15, 0.2) is 0 Å². The Hall–Kier alpha value is -0.0800. The Morgan fingerprint density at radius 1 is 1.00 bits per heavy atom. The molecule has 0 amide bonds. The highest BCUT2D eigenvalue weighted by Gasteiger charge is 2.48. The van der Waals surface area contributed by atoms with E-state index in [0.717, 1.165) is 12.8 Å². The van der Waals surface area contributed by atoms with Crippen molar-refractivity contribution in [1.82, 2.24) is 5.32 Å². The monoisotopic (exact) mass is 225 g/mol. The molecule has 2 aliphatic rings. The van der Waals surface area contributed by atoms with E-state index in [9.17, 15) is 5.11 Å². The molecule has 2 saturated carbocycles. The van der Waals surface area contributed by atoms with Gasteiger partial charge >= 0.3 is 0 Å². The molecule has 2 fully saturated rings. The van der Waals surface area contributed by atoms with Crippen LogP contribution >= 0.6 is 0 Å². The summed E-state index contributed by atoms with van der Waals surface area (Å²) in [7, 11) is 0. The molecule has 2 rings (SSSR count). The van der Waals surface area contributed by atoms with E-state index in [-0.39, 0.29) is 12.1 Å². The van der Waals surface area contributed by atoms with E-state index in [4.69, 9.17) is 0 Å². The highest BCUT2D eigenvalue weighted by atomic mass is 16.3. The zero-order valence-electron chi connectivity index (χ0n) is 11.3. The van der Waals surface area contributed by atoms with Gasteiger partial charge in [-0.15, -0.1) is 0 Å². The largest absolute Gasteiger partial charge is 0.394 e. The summed E-state index contributed by atoms with van der Waals surface area (Å²) in [5.74, 6) is 0. The van der Waals surface area contributed by atoms with Crippen molar-refractivity contribution in [3.63, 3.8) is 0 Å². The lowest BCUT2D eigenvalue weighted by molar-refractivity contribution is -0.00408. The van der Waals surface area contributed by atoms with Crippen molar-refractivity contribution < 1.29 is 5.11 Å². The predicted molar refractivity (Wildman–Crippen MR) is 67.4 cm³/mol. The molecule has 0 aromatic heterocycles. The van der Waals surface area contributed by atoms with Gasteiger partial charge in [0.05, 0.1) is 6.61 Å². The number of aliphatic hydroxyl groups excluding tert-OH is 1. The minimum Gasteiger partial charge on any atom is -0.394 e. The third-order valence-electron chi connectivity index (χ3n) is 3.98. The first-order valence-electron chi connectivity index (χ1n) is 6.65. The number of nitrogens with one attached hydrogen (secondary N) is 1. The molecule has 0 radical (unpaired) electrons. The summed E-state index contributed by atoms with van der Waals surface area (Å²) >= 11 is 0. The van der Waals surface area contributed by atoms with Crippen LogP contribution in [0.25, 0.3) is 0 Å². The third-order valence-corrected chi connectivity index (χ3v) is 3.98. The van der Waals surface area contributed by atoms with E-state index in [1.165, 1.54) is 19.3 Å². The van der Waals surface area contributed by atoms with Gasteiger partial charge in [-0.2, -0.15) is 0 Å². The molecule has 16 heavy (non-hydrogen) atoms. The summed E-state index contributed by atoms with van der Waals surface area (Å²) in [4.78, 5) is 0. The summed E-state index contributed by atoms with van der Waals surface area (Å²) in [6.07, 6.45) is 6.06. The summed E-state index contributed by atoms with van der Waals surface area (Å²) in [5.41, 5.74) is 0.658. The van der Waals surface area contributed by atoms with Crippen LogP contribution in [-0.2, 0) is 0 Å². The minimum atomic E-state index is -0.0214. The molecule has 0 aromatic carbocycles. The smallest absolute Gasteiger partial charge is 0.0613 e. The van der Waals surface area contributed by atoms with Gasteiger partial charge < -0.3 is 10.4 Å². The minimum absolute atomic E-state index is 0.0214. The average molecular weight is 225 g/mol. The summed E-state index contributed by atoms with van der Waals surface area (Å²) < 4.78 is 0. The average Bonchev–Trinajstić information content (AvgIpc) is 2.82. The van der Waals surface area contributed by atoms with E-state index in [1.807, 2.05) is 0 Å². The first-order chi connectivity index (χ1) is 7.26. The zero-order chi connectivity index (χ0) is 12.0. The van der Waals surface area contributed by atoms with Crippen LogP contribution in [0.3, 0.4) is 0 Å². The Balaban J connectivity index is 2.16. The quantitative estimate of drug-likeness (QED) is 0.774. The van der Waals surface area contributed by atoms with Crippen molar-refractivity contribution in [3.05, 3.63) is 0 Å². The molecule has 0 unspecified atom stereocenters.